The first-order chi connectivity index (χ1) is 9.15. The van der Waals surface area contributed by atoms with Crippen LogP contribution in [0, 0.1) is 6.92 Å². The summed E-state index contributed by atoms with van der Waals surface area (Å²) < 4.78 is 0. The number of anilines is 2. The number of carbonyl (C=O) groups excluding carboxylic acids is 1. The second-order valence-corrected chi connectivity index (χ2v) is 5.82. The van der Waals surface area contributed by atoms with Gasteiger partial charge in [0.25, 0.3) is 5.91 Å². The largest absolute Gasteiger partial charge is 0.374 e. The molecule has 0 aliphatic carbocycles. The quantitative estimate of drug-likeness (QED) is 0.909. The van der Waals surface area contributed by atoms with Crippen LogP contribution in [0.1, 0.15) is 20.8 Å². The molecule has 0 bridgehead atoms. The number of amides is 1. The lowest BCUT2D eigenvalue weighted by Gasteiger charge is -2.12. The van der Waals surface area contributed by atoms with Crippen LogP contribution in [0.5, 0.6) is 0 Å². The van der Waals surface area contributed by atoms with Crippen molar-refractivity contribution in [2.24, 2.45) is 0 Å². The Labute approximate surface area is 116 Å². The van der Waals surface area contributed by atoms with Crippen LogP contribution < -0.4 is 10.2 Å². The van der Waals surface area contributed by atoms with Crippen molar-refractivity contribution in [3.05, 3.63) is 45.6 Å². The molecule has 1 aromatic carbocycles. The molecule has 0 spiro atoms. The summed E-state index contributed by atoms with van der Waals surface area (Å²) in [5, 5.41) is 4.93. The Kier molecular flexibility index (Phi) is 3.03. The Morgan fingerprint density at radius 2 is 2.21 bits per heavy atom. The minimum absolute atomic E-state index is 0.0150. The number of hydrogen-bond donors (Lipinski definition) is 1. The molecular weight excluding hydrogens is 256 g/mol. The monoisotopic (exact) mass is 272 g/mol. The Hall–Kier alpha value is -1.81. The number of nitrogens with one attached hydrogen (secondary N) is 1. The van der Waals surface area contributed by atoms with E-state index in [2.05, 4.69) is 29.4 Å². The normalized spacial score (nSPS) is 13.5. The molecule has 98 valence electrons. The number of aryl methyl sites for hydroxylation is 1. The minimum atomic E-state index is -0.0150. The van der Waals surface area contributed by atoms with Crippen molar-refractivity contribution >= 4 is 28.6 Å². The Morgan fingerprint density at radius 3 is 2.95 bits per heavy atom. The molecular formula is C15H16N2OS. The van der Waals surface area contributed by atoms with E-state index in [1.54, 1.807) is 0 Å². The second-order valence-electron chi connectivity index (χ2n) is 4.90. The van der Waals surface area contributed by atoms with Crippen LogP contribution in [0.3, 0.4) is 0 Å². The molecule has 0 saturated carbocycles. The predicted octanol–water partition coefficient (Wildman–Crippen LogP) is 3.30. The van der Waals surface area contributed by atoms with E-state index in [0.29, 0.717) is 0 Å². The summed E-state index contributed by atoms with van der Waals surface area (Å²) >= 11 is 1.48. The van der Waals surface area contributed by atoms with Crippen LogP contribution in [-0.4, -0.2) is 19.5 Å². The molecule has 0 radical (unpaired) electrons. The summed E-state index contributed by atoms with van der Waals surface area (Å²) in [5.41, 5.74) is 4.49. The average molecular weight is 272 g/mol. The van der Waals surface area contributed by atoms with Gasteiger partial charge in [-0.15, -0.1) is 11.3 Å². The first-order valence-electron chi connectivity index (χ1n) is 6.34. The van der Waals surface area contributed by atoms with E-state index < -0.39 is 0 Å². The average Bonchev–Trinajstić information content (AvgIpc) is 2.96. The minimum Gasteiger partial charge on any atom is -0.374 e. The van der Waals surface area contributed by atoms with Crippen LogP contribution in [0.15, 0.2) is 29.6 Å². The van der Waals surface area contributed by atoms with E-state index in [9.17, 15) is 4.79 Å². The van der Waals surface area contributed by atoms with Gasteiger partial charge < -0.3 is 10.2 Å². The summed E-state index contributed by atoms with van der Waals surface area (Å²) in [7, 11) is 2.10. The van der Waals surface area contributed by atoms with Crippen molar-refractivity contribution in [2.75, 3.05) is 23.8 Å². The van der Waals surface area contributed by atoms with Gasteiger partial charge in [-0.2, -0.15) is 0 Å². The van der Waals surface area contributed by atoms with E-state index in [-0.39, 0.29) is 5.91 Å². The zero-order valence-electron chi connectivity index (χ0n) is 11.1. The molecule has 19 heavy (non-hydrogen) atoms. The summed E-state index contributed by atoms with van der Waals surface area (Å²) in [6.07, 6.45) is 1.05. The van der Waals surface area contributed by atoms with Crippen LogP contribution in [0.2, 0.25) is 0 Å². The molecule has 3 rings (SSSR count). The van der Waals surface area contributed by atoms with E-state index in [1.165, 1.54) is 22.6 Å². The molecule has 1 aliphatic rings. The number of fused-ring (bicyclic) bond motifs is 1. The fourth-order valence-electron chi connectivity index (χ4n) is 2.44. The van der Waals surface area contributed by atoms with Gasteiger partial charge in [0.05, 0.1) is 4.88 Å². The maximum Gasteiger partial charge on any atom is 0.265 e. The molecule has 0 saturated heterocycles. The van der Waals surface area contributed by atoms with Gasteiger partial charge in [0.15, 0.2) is 0 Å². The highest BCUT2D eigenvalue weighted by Crippen LogP contribution is 2.29. The van der Waals surface area contributed by atoms with E-state index in [4.69, 9.17) is 0 Å². The lowest BCUT2D eigenvalue weighted by Crippen LogP contribution is -2.13. The van der Waals surface area contributed by atoms with E-state index in [1.807, 2.05) is 24.4 Å². The maximum atomic E-state index is 12.1. The fourth-order valence-corrected chi connectivity index (χ4v) is 3.26. The topological polar surface area (TPSA) is 32.3 Å². The summed E-state index contributed by atoms with van der Waals surface area (Å²) in [4.78, 5) is 15.2. The van der Waals surface area contributed by atoms with Crippen LogP contribution in [0.4, 0.5) is 11.4 Å². The van der Waals surface area contributed by atoms with Crippen molar-refractivity contribution in [1.29, 1.82) is 0 Å². The third kappa shape index (κ3) is 2.24. The number of nitrogens with zero attached hydrogens (tertiary/aromatic N) is 1. The Morgan fingerprint density at radius 1 is 1.37 bits per heavy atom. The zero-order valence-corrected chi connectivity index (χ0v) is 11.9. The van der Waals surface area contributed by atoms with Crippen LogP contribution in [0.25, 0.3) is 0 Å². The number of hydrogen-bond acceptors (Lipinski definition) is 3. The third-order valence-corrected chi connectivity index (χ3v) is 4.55. The van der Waals surface area contributed by atoms with Crippen molar-refractivity contribution in [3.63, 3.8) is 0 Å². The predicted molar refractivity (Wildman–Crippen MR) is 80.4 cm³/mol. The molecule has 0 atom stereocenters. The van der Waals surface area contributed by atoms with Crippen molar-refractivity contribution in [3.8, 4) is 0 Å². The first kappa shape index (κ1) is 12.2. The van der Waals surface area contributed by atoms with Crippen LogP contribution >= 0.6 is 11.3 Å². The van der Waals surface area contributed by atoms with Crippen molar-refractivity contribution in [2.45, 2.75) is 13.3 Å². The SMILES string of the molecule is Cc1ccsc1C(=O)Nc1ccc2c(c1)CCN2C. The molecule has 2 aromatic rings. The highest BCUT2D eigenvalue weighted by Gasteiger charge is 2.17. The highest BCUT2D eigenvalue weighted by molar-refractivity contribution is 7.12. The lowest BCUT2D eigenvalue weighted by molar-refractivity contribution is 0.103. The van der Waals surface area contributed by atoms with Gasteiger partial charge in [0.2, 0.25) is 0 Å². The molecule has 2 heterocycles. The molecule has 3 nitrogen and oxygen atoms in total. The second kappa shape index (κ2) is 4.70. The van der Waals surface area contributed by atoms with Gasteiger partial charge in [-0.25, -0.2) is 0 Å². The van der Waals surface area contributed by atoms with Crippen molar-refractivity contribution in [1.82, 2.24) is 0 Å². The molecule has 0 unspecified atom stereocenters. The molecule has 1 N–H and O–H groups in total. The van der Waals surface area contributed by atoms with Crippen molar-refractivity contribution < 1.29 is 4.79 Å². The molecule has 1 aliphatic heterocycles. The summed E-state index contributed by atoms with van der Waals surface area (Å²) in [6.45, 7) is 3.01. The summed E-state index contributed by atoms with van der Waals surface area (Å²) in [6, 6.07) is 8.11. The first-order valence-corrected chi connectivity index (χ1v) is 7.22. The Balaban J connectivity index is 1.81. The van der Waals surface area contributed by atoms with Gasteiger partial charge in [0.1, 0.15) is 0 Å². The van der Waals surface area contributed by atoms with E-state index >= 15 is 0 Å². The maximum absolute atomic E-state index is 12.1. The van der Waals surface area contributed by atoms with E-state index in [0.717, 1.165) is 29.1 Å². The van der Waals surface area contributed by atoms with Crippen LogP contribution in [-0.2, 0) is 6.42 Å². The van der Waals surface area contributed by atoms with Gasteiger partial charge >= 0.3 is 0 Å². The Bertz CT molecular complexity index is 633. The number of benzene rings is 1. The number of rotatable bonds is 2. The number of carbonyl (C=O) groups is 1. The number of thiophene rings is 1. The van der Waals surface area contributed by atoms with Gasteiger partial charge in [0, 0.05) is 25.0 Å². The lowest BCUT2D eigenvalue weighted by atomic mass is 10.1. The summed E-state index contributed by atoms with van der Waals surface area (Å²) in [5.74, 6) is -0.0150. The standard InChI is InChI=1S/C15H16N2OS/c1-10-6-8-19-14(10)15(18)16-12-3-4-13-11(9-12)5-7-17(13)2/h3-4,6,8-9H,5,7H2,1-2H3,(H,16,18). The third-order valence-electron chi connectivity index (χ3n) is 3.53. The molecule has 1 aromatic heterocycles. The molecule has 4 heteroatoms. The molecule has 0 fully saturated rings. The highest BCUT2D eigenvalue weighted by atomic mass is 32.1. The van der Waals surface area contributed by atoms with Gasteiger partial charge in [-0.3, -0.25) is 4.79 Å². The fraction of sp³-hybridized carbons (Fsp3) is 0.267. The number of likely N-dealkylation sites (N-methyl/N-ethyl adjacent to an activating group) is 1. The van der Waals surface area contributed by atoms with Gasteiger partial charge in [-0.1, -0.05) is 0 Å². The smallest absolute Gasteiger partial charge is 0.265 e. The zero-order chi connectivity index (χ0) is 13.4. The molecule has 1 amide bonds. The van der Waals surface area contributed by atoms with Gasteiger partial charge in [-0.05, 0) is 54.1 Å².